The second-order valence-corrected chi connectivity index (χ2v) is 5.89. The van der Waals surface area contributed by atoms with E-state index in [-0.39, 0.29) is 11.7 Å². The maximum atomic E-state index is 13.3. The van der Waals surface area contributed by atoms with Crippen LogP contribution >= 0.6 is 0 Å². The lowest BCUT2D eigenvalue weighted by atomic mass is 9.93. The molecule has 0 bridgehead atoms. The third kappa shape index (κ3) is 3.98. The number of nitrogens with zero attached hydrogens (tertiary/aromatic N) is 2. The minimum absolute atomic E-state index is 0.0342. The largest absolute Gasteiger partial charge is 0.314 e. The predicted molar refractivity (Wildman–Crippen MR) is 79.7 cm³/mol. The molecule has 0 aliphatic carbocycles. The van der Waals surface area contributed by atoms with E-state index in [1.165, 1.54) is 6.07 Å². The van der Waals surface area contributed by atoms with Crippen molar-refractivity contribution in [2.45, 2.75) is 26.3 Å². The number of nitrogens with one attached hydrogen (secondary N) is 1. The number of nitro benzene ring substituents is 1. The monoisotopic (exact) mass is 295 g/mol. The molecule has 1 saturated heterocycles. The standard InChI is InChI=1S/C15H22FN3O2/c1-11(2)9-14(18-7-5-17-6-8-18)13-4-3-12(16)10-15(13)19(20)21/h3-4,10-11,14,17H,5-9H2,1-2H3/t14-/m1/s1. The van der Waals surface area contributed by atoms with E-state index in [4.69, 9.17) is 0 Å². The van der Waals surface area contributed by atoms with Gasteiger partial charge in [0.05, 0.1) is 11.0 Å². The molecule has 5 nitrogen and oxygen atoms in total. The van der Waals surface area contributed by atoms with Crippen LogP contribution in [0.5, 0.6) is 0 Å². The Balaban J connectivity index is 2.37. The van der Waals surface area contributed by atoms with Gasteiger partial charge in [-0.15, -0.1) is 0 Å². The van der Waals surface area contributed by atoms with Gasteiger partial charge >= 0.3 is 0 Å². The van der Waals surface area contributed by atoms with Gasteiger partial charge in [0, 0.05) is 37.8 Å². The van der Waals surface area contributed by atoms with Crippen LogP contribution in [0.15, 0.2) is 18.2 Å². The number of halogens is 1. The van der Waals surface area contributed by atoms with Crippen molar-refractivity contribution in [1.82, 2.24) is 10.2 Å². The van der Waals surface area contributed by atoms with Gasteiger partial charge in [-0.1, -0.05) is 13.8 Å². The van der Waals surface area contributed by atoms with E-state index in [1.54, 1.807) is 6.07 Å². The lowest BCUT2D eigenvalue weighted by Gasteiger charge is -2.35. The Morgan fingerprint density at radius 2 is 2.05 bits per heavy atom. The Kier molecular flexibility index (Phi) is 5.25. The molecule has 0 radical (unpaired) electrons. The average molecular weight is 295 g/mol. The predicted octanol–water partition coefficient (Wildman–Crippen LogP) is 2.73. The third-order valence-electron chi connectivity index (χ3n) is 3.84. The van der Waals surface area contributed by atoms with E-state index in [2.05, 4.69) is 24.1 Å². The topological polar surface area (TPSA) is 58.4 Å². The minimum atomic E-state index is -0.561. The van der Waals surface area contributed by atoms with Crippen molar-refractivity contribution in [3.63, 3.8) is 0 Å². The van der Waals surface area contributed by atoms with E-state index < -0.39 is 10.7 Å². The van der Waals surface area contributed by atoms with Crippen LogP contribution in [0.25, 0.3) is 0 Å². The Hall–Kier alpha value is -1.53. The van der Waals surface area contributed by atoms with Gasteiger partial charge in [0.1, 0.15) is 5.82 Å². The summed E-state index contributed by atoms with van der Waals surface area (Å²) >= 11 is 0. The molecule has 0 aromatic heterocycles. The molecule has 6 heteroatoms. The molecule has 1 fully saturated rings. The molecule has 0 amide bonds. The van der Waals surface area contributed by atoms with E-state index in [0.29, 0.717) is 11.5 Å². The molecule has 21 heavy (non-hydrogen) atoms. The first-order valence-corrected chi connectivity index (χ1v) is 7.37. The van der Waals surface area contributed by atoms with Crippen molar-refractivity contribution in [2.24, 2.45) is 5.92 Å². The van der Waals surface area contributed by atoms with E-state index >= 15 is 0 Å². The van der Waals surface area contributed by atoms with Crippen LogP contribution in [0.1, 0.15) is 31.9 Å². The van der Waals surface area contributed by atoms with E-state index in [0.717, 1.165) is 38.7 Å². The molecule has 0 unspecified atom stereocenters. The summed E-state index contributed by atoms with van der Waals surface area (Å²) in [7, 11) is 0. The van der Waals surface area contributed by atoms with Gasteiger partial charge in [0.2, 0.25) is 0 Å². The van der Waals surface area contributed by atoms with Crippen molar-refractivity contribution < 1.29 is 9.31 Å². The minimum Gasteiger partial charge on any atom is -0.314 e. The molecule has 1 aromatic carbocycles. The molecule has 0 spiro atoms. The molecule has 1 heterocycles. The number of rotatable bonds is 5. The molecule has 0 saturated carbocycles. The lowest BCUT2D eigenvalue weighted by Crippen LogP contribution is -2.45. The van der Waals surface area contributed by atoms with Crippen LogP contribution in [0.2, 0.25) is 0 Å². The Bertz CT molecular complexity index is 502. The van der Waals surface area contributed by atoms with Gasteiger partial charge in [0.15, 0.2) is 0 Å². The summed E-state index contributed by atoms with van der Waals surface area (Å²) in [5.41, 5.74) is 0.510. The van der Waals surface area contributed by atoms with Crippen LogP contribution in [0.4, 0.5) is 10.1 Å². The fourth-order valence-electron chi connectivity index (χ4n) is 2.87. The van der Waals surface area contributed by atoms with Crippen LogP contribution in [-0.4, -0.2) is 36.0 Å². The Morgan fingerprint density at radius 1 is 1.38 bits per heavy atom. The fourth-order valence-corrected chi connectivity index (χ4v) is 2.87. The molecule has 2 rings (SSSR count). The highest BCUT2D eigenvalue weighted by Gasteiger charge is 2.29. The van der Waals surface area contributed by atoms with Gasteiger partial charge in [-0.3, -0.25) is 15.0 Å². The summed E-state index contributed by atoms with van der Waals surface area (Å²) < 4.78 is 13.3. The number of hydrogen-bond acceptors (Lipinski definition) is 4. The summed E-state index contributed by atoms with van der Waals surface area (Å²) in [6.45, 7) is 7.67. The molecular formula is C15H22FN3O2. The number of piperazine rings is 1. The third-order valence-corrected chi connectivity index (χ3v) is 3.84. The SMILES string of the molecule is CC(C)C[C@H](c1ccc(F)cc1[N+](=O)[O-])N1CCNCC1. The zero-order valence-electron chi connectivity index (χ0n) is 12.5. The van der Waals surface area contributed by atoms with Crippen LogP contribution in [-0.2, 0) is 0 Å². The van der Waals surface area contributed by atoms with Gasteiger partial charge in [-0.25, -0.2) is 4.39 Å². The number of nitro groups is 1. The quantitative estimate of drug-likeness (QED) is 0.670. The second-order valence-electron chi connectivity index (χ2n) is 5.89. The van der Waals surface area contributed by atoms with Gasteiger partial charge in [-0.2, -0.15) is 0 Å². The van der Waals surface area contributed by atoms with Crippen LogP contribution in [0.3, 0.4) is 0 Å². The molecule has 1 atom stereocenters. The average Bonchev–Trinajstić information content (AvgIpc) is 2.45. The summed E-state index contributed by atoms with van der Waals surface area (Å²) in [5.74, 6) is -0.149. The van der Waals surface area contributed by atoms with Crippen molar-refractivity contribution in [3.8, 4) is 0 Å². The Labute approximate surface area is 124 Å². The zero-order chi connectivity index (χ0) is 15.4. The Morgan fingerprint density at radius 3 is 2.62 bits per heavy atom. The molecular weight excluding hydrogens is 273 g/mol. The van der Waals surface area contributed by atoms with Crippen LogP contribution in [0, 0.1) is 21.8 Å². The summed E-state index contributed by atoms with van der Waals surface area (Å²) in [4.78, 5) is 13.0. The zero-order valence-corrected chi connectivity index (χ0v) is 12.5. The smallest absolute Gasteiger partial charge is 0.277 e. The first-order valence-electron chi connectivity index (χ1n) is 7.37. The maximum absolute atomic E-state index is 13.3. The van der Waals surface area contributed by atoms with Gasteiger partial charge in [-0.05, 0) is 24.5 Å². The highest BCUT2D eigenvalue weighted by molar-refractivity contribution is 5.42. The first kappa shape index (κ1) is 15.9. The normalized spacial score (nSPS) is 17.9. The van der Waals surface area contributed by atoms with Crippen molar-refractivity contribution in [2.75, 3.05) is 26.2 Å². The fraction of sp³-hybridized carbons (Fsp3) is 0.600. The van der Waals surface area contributed by atoms with Crippen molar-refractivity contribution in [3.05, 3.63) is 39.7 Å². The van der Waals surface area contributed by atoms with Crippen molar-refractivity contribution >= 4 is 5.69 Å². The molecule has 116 valence electrons. The number of hydrogen-bond donors (Lipinski definition) is 1. The van der Waals surface area contributed by atoms with Gasteiger partial charge < -0.3 is 5.32 Å². The van der Waals surface area contributed by atoms with E-state index in [9.17, 15) is 14.5 Å². The summed E-state index contributed by atoms with van der Waals surface area (Å²) in [6, 6.07) is 3.89. The highest BCUT2D eigenvalue weighted by Crippen LogP contribution is 2.34. The van der Waals surface area contributed by atoms with Crippen molar-refractivity contribution in [1.29, 1.82) is 0 Å². The second kappa shape index (κ2) is 6.95. The molecule has 1 aromatic rings. The van der Waals surface area contributed by atoms with Gasteiger partial charge in [0.25, 0.3) is 5.69 Å². The first-order chi connectivity index (χ1) is 9.99. The van der Waals surface area contributed by atoms with E-state index in [1.807, 2.05) is 0 Å². The molecule has 1 N–H and O–H groups in total. The highest BCUT2D eigenvalue weighted by atomic mass is 19.1. The summed E-state index contributed by atoms with van der Waals surface area (Å²) in [5, 5.41) is 14.5. The lowest BCUT2D eigenvalue weighted by molar-refractivity contribution is -0.386. The summed E-state index contributed by atoms with van der Waals surface area (Å²) in [6.07, 6.45) is 0.826. The molecule has 1 aliphatic heterocycles. The van der Waals surface area contributed by atoms with Crippen LogP contribution < -0.4 is 5.32 Å². The number of benzene rings is 1. The maximum Gasteiger partial charge on any atom is 0.277 e. The molecule has 1 aliphatic rings.